The fourth-order valence-corrected chi connectivity index (χ4v) is 11.3. The van der Waals surface area contributed by atoms with Crippen LogP contribution < -0.4 is 0 Å². The molecule has 2 bridgehead atoms. The molecule has 0 aromatic carbocycles. The Bertz CT molecular complexity index is 2170. The van der Waals surface area contributed by atoms with E-state index in [0.717, 1.165) is 18.4 Å². The van der Waals surface area contributed by atoms with Gasteiger partial charge in [-0.05, 0) is 107 Å². The van der Waals surface area contributed by atoms with Gasteiger partial charge in [-0.1, -0.05) is 71.1 Å². The molecule has 3 aliphatic heterocycles. The molecule has 1 saturated carbocycles. The van der Waals surface area contributed by atoms with E-state index in [2.05, 4.69) is 9.97 Å². The van der Waals surface area contributed by atoms with Crippen molar-refractivity contribution in [3.05, 3.63) is 71.9 Å². The smallest absolute Gasteiger partial charge is 0.329 e. The summed E-state index contributed by atoms with van der Waals surface area (Å²) in [7, 11) is 4.68. The molecule has 3 fully saturated rings. The van der Waals surface area contributed by atoms with Gasteiger partial charge < -0.3 is 48.3 Å². The number of allylic oxidation sites excluding steroid dienone is 6. The molecule has 4 aliphatic rings. The molecule has 2 N–H and O–H groups in total. The predicted molar refractivity (Wildman–Crippen MR) is 285 cm³/mol. The fraction of sp³-hybridized carbons (Fsp3) is 0.712. The van der Waals surface area contributed by atoms with Gasteiger partial charge in [0.05, 0.1) is 62.5 Å². The highest BCUT2D eigenvalue weighted by Gasteiger charge is 2.47. The van der Waals surface area contributed by atoms with E-state index >= 15 is 0 Å². The van der Waals surface area contributed by atoms with Crippen LogP contribution in [0.2, 0.25) is 0 Å². The Hall–Kier alpha value is -4.33. The summed E-state index contributed by atoms with van der Waals surface area (Å²) >= 11 is 0. The van der Waals surface area contributed by atoms with Crippen LogP contribution in [0.5, 0.6) is 0 Å². The van der Waals surface area contributed by atoms with E-state index in [1.807, 2.05) is 58.1 Å². The van der Waals surface area contributed by atoms with Crippen LogP contribution in [0, 0.1) is 35.5 Å². The number of esters is 1. The van der Waals surface area contributed by atoms with Crippen LogP contribution >= 0.6 is 0 Å². The lowest BCUT2D eigenvalue weighted by molar-refractivity contribution is -0.282. The Morgan fingerprint density at radius 3 is 2.34 bits per heavy atom. The molecular formula is C59H89N3O14. The molecule has 0 radical (unpaired) electrons. The Morgan fingerprint density at radius 1 is 0.855 bits per heavy atom. The average molecular weight is 1060 g/mol. The monoisotopic (exact) mass is 1060 g/mol. The van der Waals surface area contributed by atoms with Crippen LogP contribution in [0.1, 0.15) is 138 Å². The molecule has 0 spiro atoms. The van der Waals surface area contributed by atoms with Crippen molar-refractivity contribution in [3.63, 3.8) is 0 Å². The van der Waals surface area contributed by atoms with Crippen LogP contribution in [0.3, 0.4) is 0 Å². The van der Waals surface area contributed by atoms with E-state index in [-0.39, 0.29) is 67.5 Å². The van der Waals surface area contributed by atoms with Crippen LogP contribution in [0.25, 0.3) is 0 Å². The Balaban J connectivity index is 1.45. The van der Waals surface area contributed by atoms with Gasteiger partial charge in [0.15, 0.2) is 11.6 Å². The van der Waals surface area contributed by atoms with Gasteiger partial charge in [-0.3, -0.25) is 29.1 Å². The summed E-state index contributed by atoms with van der Waals surface area (Å²) in [5, 5.41) is 23.7. The van der Waals surface area contributed by atoms with Crippen LogP contribution in [0.15, 0.2) is 66.2 Å². The van der Waals surface area contributed by atoms with Crippen molar-refractivity contribution in [1.82, 2.24) is 14.9 Å². The molecule has 4 heterocycles. The number of cyclic esters (lactones) is 1. The van der Waals surface area contributed by atoms with Crippen molar-refractivity contribution >= 4 is 29.2 Å². The number of rotatable bonds is 12. The summed E-state index contributed by atoms with van der Waals surface area (Å²) in [5.41, 5.74) is 1.89. The predicted octanol–water partition coefficient (Wildman–Crippen LogP) is 7.60. The number of Topliss-reactive ketones (excluding diaryl/α,β-unsaturated/α-hetero) is 3. The molecule has 1 aromatic rings. The number of aliphatic hydroxyl groups is 2. The molecule has 17 heteroatoms. The summed E-state index contributed by atoms with van der Waals surface area (Å²) in [6.07, 6.45) is 16.8. The van der Waals surface area contributed by atoms with E-state index in [4.69, 9.17) is 33.2 Å². The molecule has 15 atom stereocenters. The topological polar surface area (TPSA) is 219 Å². The molecule has 76 heavy (non-hydrogen) atoms. The van der Waals surface area contributed by atoms with Gasteiger partial charge in [0.1, 0.15) is 30.1 Å². The van der Waals surface area contributed by atoms with Crippen molar-refractivity contribution in [2.24, 2.45) is 35.5 Å². The number of methoxy groups -OCH3 is 3. The van der Waals surface area contributed by atoms with Gasteiger partial charge in [0, 0.05) is 70.9 Å². The minimum atomic E-state index is -1.97. The second-order valence-electron chi connectivity index (χ2n) is 22.1. The zero-order valence-corrected chi connectivity index (χ0v) is 46.9. The number of ketones is 3. The second kappa shape index (κ2) is 30.7. The number of nitrogens with zero attached hydrogens (tertiary/aromatic N) is 3. The third kappa shape index (κ3) is 18.1. The lowest BCUT2D eigenvalue weighted by atomic mass is 9.78. The number of amides is 1. The van der Waals surface area contributed by atoms with Crippen LogP contribution in [-0.4, -0.2) is 150 Å². The van der Waals surface area contributed by atoms with E-state index in [0.29, 0.717) is 75.8 Å². The zero-order chi connectivity index (χ0) is 55.5. The van der Waals surface area contributed by atoms with Crippen molar-refractivity contribution in [2.45, 2.75) is 193 Å². The number of carbonyl (C=O) groups is 5. The molecule has 1 aromatic heterocycles. The Labute approximate surface area is 451 Å². The third-order valence-corrected chi connectivity index (χ3v) is 16.1. The number of ether oxygens (including phenoxy) is 7. The third-order valence-electron chi connectivity index (χ3n) is 16.1. The van der Waals surface area contributed by atoms with Gasteiger partial charge in [0.2, 0.25) is 5.78 Å². The Kier molecular flexibility index (Phi) is 25.3. The maximum atomic E-state index is 14.6. The summed E-state index contributed by atoms with van der Waals surface area (Å²) in [6, 6.07) is -1.10. The van der Waals surface area contributed by atoms with Crippen molar-refractivity contribution in [2.75, 3.05) is 41.1 Å². The molecule has 424 valence electrons. The zero-order valence-electron chi connectivity index (χ0n) is 46.9. The second-order valence-corrected chi connectivity index (χ2v) is 22.1. The maximum absolute atomic E-state index is 14.6. The summed E-state index contributed by atoms with van der Waals surface area (Å²) in [5.74, 6) is -6.84. The average Bonchev–Trinajstić information content (AvgIpc) is 3.40. The summed E-state index contributed by atoms with van der Waals surface area (Å²) in [6.45, 7) is 14.1. The first-order valence-electron chi connectivity index (χ1n) is 27.7. The number of fused-ring (bicyclic) bond motifs is 3. The van der Waals surface area contributed by atoms with Gasteiger partial charge >= 0.3 is 5.97 Å². The summed E-state index contributed by atoms with van der Waals surface area (Å²) in [4.78, 5) is 81.0. The van der Waals surface area contributed by atoms with Gasteiger partial charge in [-0.15, -0.1) is 0 Å². The lowest BCUT2D eigenvalue weighted by Gasteiger charge is -2.43. The van der Waals surface area contributed by atoms with Gasteiger partial charge in [0.25, 0.3) is 5.91 Å². The van der Waals surface area contributed by atoms with Crippen molar-refractivity contribution in [1.29, 1.82) is 0 Å². The quantitative estimate of drug-likeness (QED) is 0.0891. The molecule has 17 nitrogen and oxygen atoms in total. The van der Waals surface area contributed by atoms with Crippen molar-refractivity contribution < 1.29 is 67.3 Å². The van der Waals surface area contributed by atoms with Crippen LogP contribution in [-0.2, 0) is 63.7 Å². The van der Waals surface area contributed by atoms with Crippen LogP contribution in [0.4, 0.5) is 0 Å². The van der Waals surface area contributed by atoms with Crippen molar-refractivity contribution in [3.8, 4) is 0 Å². The first kappa shape index (κ1) is 62.5. The normalized spacial score (nSPS) is 36.4. The Morgan fingerprint density at radius 2 is 1.63 bits per heavy atom. The number of piperidine rings is 1. The number of aliphatic hydroxyl groups excluding tert-OH is 1. The number of hydrogen-bond donors (Lipinski definition) is 2. The molecule has 5 rings (SSSR count). The minimum Gasteiger partial charge on any atom is -0.460 e. The first-order chi connectivity index (χ1) is 36.3. The summed E-state index contributed by atoms with van der Waals surface area (Å²) < 4.78 is 42.0. The SMILES string of the molecule is COCCO[C@@H]1CC[C@@H](C[C@@H](C)[C@@H]2CC(=O)[C@H](C)/C=C(\C)[C@@H](O)[C@@H](OC)C(=O)[C@H](C)C[C@H](C)/C=C/C=C/C=C(\C)[C@H](OCc3cnccn3)C[C@@H]3CC[C@@H](C)[C@](O)(CC(=O)C(=O)N4CCCC[C@H]4C(=O)O2)O3)C[C@H]1OC. The van der Waals surface area contributed by atoms with Gasteiger partial charge in [-0.2, -0.15) is 0 Å². The van der Waals surface area contributed by atoms with E-state index in [1.54, 1.807) is 59.7 Å². The highest BCUT2D eigenvalue weighted by atomic mass is 16.6. The minimum absolute atomic E-state index is 0.00469. The largest absolute Gasteiger partial charge is 0.460 e. The lowest BCUT2D eigenvalue weighted by Crippen LogP contribution is -2.54. The van der Waals surface area contributed by atoms with E-state index < -0.39 is 84.2 Å². The first-order valence-corrected chi connectivity index (χ1v) is 27.7. The highest BCUT2D eigenvalue weighted by Crippen LogP contribution is 2.39. The fourth-order valence-electron chi connectivity index (χ4n) is 11.3. The maximum Gasteiger partial charge on any atom is 0.329 e. The highest BCUT2D eigenvalue weighted by molar-refractivity contribution is 6.36. The number of carbonyl (C=O) groups excluding carboxylic acids is 5. The van der Waals surface area contributed by atoms with E-state index in [9.17, 15) is 34.2 Å². The van der Waals surface area contributed by atoms with Gasteiger partial charge in [-0.25, -0.2) is 4.79 Å². The molecule has 0 unspecified atom stereocenters. The number of hydrogen-bond acceptors (Lipinski definition) is 16. The van der Waals surface area contributed by atoms with E-state index in [1.165, 1.54) is 12.0 Å². The molecule has 1 aliphatic carbocycles. The molecule has 1 amide bonds. The molecule has 2 saturated heterocycles. The number of aromatic nitrogens is 2. The standard InChI is InChI=1S/C59H89N3O14/c1-37-16-12-11-13-17-38(2)51(74-36-45-35-60-23-24-61-45)32-46-21-19-43(7)59(69,76-46)34-49(64)57(67)62-25-15-14-18-47(62)58(68)75-52(40(4)30-44-20-22-50(53(31-44)71-9)73-27-26-70-8)33-48(63)39(3)29-42(6)55(66)56(72-10)54(65)41(5)28-37/h11-13,16-17,23-24,29,35,37,39-41,43-44,46-47,50-53,55-56,66,69H,14-15,18-22,25-28,30-34,36H2,1-10H3/b13-11+,16-12+,38-17+,42-29+/t37-,39-,40-,41-,43-,44+,46+,47+,50-,51-,52+,53-,55-,56+,59+/m1/s1. The molecular weight excluding hydrogens is 975 g/mol.